The van der Waals surface area contributed by atoms with Gasteiger partial charge < -0.3 is 5.32 Å². The summed E-state index contributed by atoms with van der Waals surface area (Å²) in [5, 5.41) is 5.43. The third-order valence-corrected chi connectivity index (χ3v) is 8.86. The van der Waals surface area contributed by atoms with E-state index < -0.39 is 10.0 Å². The van der Waals surface area contributed by atoms with Gasteiger partial charge in [0.2, 0.25) is 15.9 Å². The average molecular weight is 478 g/mol. The molecule has 0 aromatic carbocycles. The van der Waals surface area contributed by atoms with Crippen molar-refractivity contribution in [2.24, 2.45) is 11.8 Å². The van der Waals surface area contributed by atoms with Crippen molar-refractivity contribution >= 4 is 59.7 Å². The molecule has 2 heterocycles. The van der Waals surface area contributed by atoms with E-state index in [4.69, 9.17) is 0 Å². The van der Waals surface area contributed by atoms with Crippen LogP contribution >= 0.6 is 38.6 Å². The second-order valence-electron chi connectivity index (χ2n) is 6.41. The Hall–Kier alpha value is -0.810. The number of thiophene rings is 1. The molecule has 0 radical (unpaired) electrons. The molecule has 0 aliphatic heterocycles. The Kier molecular flexibility index (Phi) is 6.50. The molecular formula is C16H20BrN3O3S3. The van der Waals surface area contributed by atoms with Gasteiger partial charge in [-0.2, -0.15) is 0 Å². The van der Waals surface area contributed by atoms with Crippen LogP contribution in [0.2, 0.25) is 0 Å². The van der Waals surface area contributed by atoms with E-state index in [1.807, 2.05) is 12.3 Å². The zero-order valence-corrected chi connectivity index (χ0v) is 18.2. The Bertz CT molecular complexity index is 870. The summed E-state index contributed by atoms with van der Waals surface area (Å²) in [5.74, 6) is 0.251. The summed E-state index contributed by atoms with van der Waals surface area (Å²) in [4.78, 5) is 16.6. The van der Waals surface area contributed by atoms with Crippen molar-refractivity contribution in [1.29, 1.82) is 0 Å². The quantitative estimate of drug-likeness (QED) is 0.657. The van der Waals surface area contributed by atoms with E-state index in [9.17, 15) is 13.2 Å². The first-order chi connectivity index (χ1) is 12.3. The second kappa shape index (κ2) is 8.47. The predicted molar refractivity (Wildman–Crippen MR) is 108 cm³/mol. The molecular weight excluding hydrogens is 458 g/mol. The maximum Gasteiger partial charge on any atom is 0.250 e. The van der Waals surface area contributed by atoms with Crippen molar-refractivity contribution in [3.8, 4) is 0 Å². The van der Waals surface area contributed by atoms with E-state index in [-0.39, 0.29) is 17.7 Å². The Balaban J connectivity index is 1.45. The Morgan fingerprint density at radius 3 is 2.62 bits per heavy atom. The van der Waals surface area contributed by atoms with Gasteiger partial charge >= 0.3 is 0 Å². The molecule has 1 amide bonds. The van der Waals surface area contributed by atoms with Crippen LogP contribution < -0.4 is 10.0 Å². The van der Waals surface area contributed by atoms with Crippen LogP contribution in [-0.4, -0.2) is 25.9 Å². The maximum atomic E-state index is 12.3. The zero-order chi connectivity index (χ0) is 18.7. The highest BCUT2D eigenvalue weighted by Gasteiger charge is 2.28. The number of carbonyl (C=O) groups is 1. The van der Waals surface area contributed by atoms with Crippen molar-refractivity contribution in [3.05, 3.63) is 27.0 Å². The summed E-state index contributed by atoms with van der Waals surface area (Å²) in [6.45, 7) is 2.31. The standard InChI is InChI=1S/C16H20BrN3O3S3/c1-10-9-24-16(19-10)20-15(21)12-4-2-11(3-5-12)8-18-26(22,23)14-7-6-13(17)25-14/h6-7,9,11-12,18H,2-5,8H2,1H3,(H,19,20,21). The van der Waals surface area contributed by atoms with E-state index in [2.05, 4.69) is 31.0 Å². The number of aromatic nitrogens is 1. The number of nitrogens with one attached hydrogen (secondary N) is 2. The van der Waals surface area contributed by atoms with Crippen molar-refractivity contribution in [2.45, 2.75) is 36.8 Å². The molecule has 1 aliphatic carbocycles. The third-order valence-electron chi connectivity index (χ3n) is 4.44. The largest absolute Gasteiger partial charge is 0.302 e. The van der Waals surface area contributed by atoms with Gasteiger partial charge in [-0.05, 0) is 66.6 Å². The third kappa shape index (κ3) is 5.13. The molecule has 0 saturated heterocycles. The second-order valence-corrected chi connectivity index (χ2v) is 11.7. The van der Waals surface area contributed by atoms with E-state index in [1.54, 1.807) is 12.1 Å². The van der Waals surface area contributed by atoms with Gasteiger partial charge in [0.25, 0.3) is 0 Å². The van der Waals surface area contributed by atoms with Gasteiger partial charge in [-0.1, -0.05) is 0 Å². The van der Waals surface area contributed by atoms with E-state index in [0.717, 1.165) is 35.2 Å². The van der Waals surface area contributed by atoms with Gasteiger partial charge in [-0.3, -0.25) is 4.79 Å². The highest BCUT2D eigenvalue weighted by molar-refractivity contribution is 9.11. The monoisotopic (exact) mass is 477 g/mol. The van der Waals surface area contributed by atoms with Gasteiger partial charge in [0.1, 0.15) is 4.21 Å². The van der Waals surface area contributed by atoms with Crippen LogP contribution in [0.4, 0.5) is 5.13 Å². The summed E-state index contributed by atoms with van der Waals surface area (Å²) < 4.78 is 28.4. The number of anilines is 1. The van der Waals surface area contributed by atoms with Crippen LogP contribution in [0.15, 0.2) is 25.5 Å². The number of carbonyl (C=O) groups excluding carboxylic acids is 1. The van der Waals surface area contributed by atoms with Crippen LogP contribution in [0.5, 0.6) is 0 Å². The van der Waals surface area contributed by atoms with Crippen LogP contribution in [0, 0.1) is 18.8 Å². The minimum atomic E-state index is -3.45. The lowest BCUT2D eigenvalue weighted by Gasteiger charge is -2.27. The molecule has 10 heteroatoms. The van der Waals surface area contributed by atoms with E-state index in [0.29, 0.717) is 15.9 Å². The van der Waals surface area contributed by atoms with Gasteiger partial charge in [-0.15, -0.1) is 22.7 Å². The number of hydrogen-bond acceptors (Lipinski definition) is 6. The molecule has 0 unspecified atom stereocenters. The first-order valence-electron chi connectivity index (χ1n) is 8.31. The highest BCUT2D eigenvalue weighted by Crippen LogP contribution is 2.31. The minimum Gasteiger partial charge on any atom is -0.302 e. The highest BCUT2D eigenvalue weighted by atomic mass is 79.9. The molecule has 3 rings (SSSR count). The van der Waals surface area contributed by atoms with Crippen LogP contribution in [0.3, 0.4) is 0 Å². The number of sulfonamides is 1. The number of thiazole rings is 1. The first kappa shape index (κ1) is 19.9. The molecule has 2 aromatic rings. The predicted octanol–water partition coefficient (Wildman–Crippen LogP) is 4.00. The SMILES string of the molecule is Cc1csc(NC(=O)C2CCC(CNS(=O)(=O)c3ccc(Br)s3)CC2)n1. The Morgan fingerprint density at radius 2 is 2.04 bits per heavy atom. The van der Waals surface area contributed by atoms with Crippen LogP contribution in [0.25, 0.3) is 0 Å². The summed E-state index contributed by atoms with van der Waals surface area (Å²) in [5.41, 5.74) is 0.902. The number of rotatable bonds is 6. The van der Waals surface area contributed by atoms with Gasteiger partial charge in [0.15, 0.2) is 5.13 Å². The Morgan fingerprint density at radius 1 is 1.31 bits per heavy atom. The molecule has 1 saturated carbocycles. The van der Waals surface area contributed by atoms with Gasteiger partial charge in [0.05, 0.1) is 9.48 Å². The Labute approximate surface area is 169 Å². The van der Waals surface area contributed by atoms with Crippen LogP contribution in [0.1, 0.15) is 31.4 Å². The topological polar surface area (TPSA) is 88.2 Å². The fourth-order valence-corrected chi connectivity index (χ4v) is 6.85. The fraction of sp³-hybridized carbons (Fsp3) is 0.500. The molecule has 0 bridgehead atoms. The number of hydrogen-bond donors (Lipinski definition) is 2. The van der Waals surface area contributed by atoms with Gasteiger partial charge in [0, 0.05) is 17.8 Å². The average Bonchev–Trinajstić information content (AvgIpc) is 3.22. The smallest absolute Gasteiger partial charge is 0.250 e. The minimum absolute atomic E-state index is 0.0156. The molecule has 0 spiro atoms. The van der Waals surface area contributed by atoms with Crippen molar-refractivity contribution < 1.29 is 13.2 Å². The van der Waals surface area contributed by atoms with Crippen LogP contribution in [-0.2, 0) is 14.8 Å². The molecule has 0 atom stereocenters. The fourth-order valence-electron chi connectivity index (χ4n) is 2.99. The van der Waals surface area contributed by atoms with E-state index >= 15 is 0 Å². The van der Waals surface area contributed by atoms with Crippen molar-refractivity contribution in [3.63, 3.8) is 0 Å². The molecule has 142 valence electrons. The summed E-state index contributed by atoms with van der Waals surface area (Å²) in [6, 6.07) is 3.33. The number of nitrogens with zero attached hydrogens (tertiary/aromatic N) is 1. The molecule has 1 aliphatic rings. The first-order valence-corrected chi connectivity index (χ1v) is 12.3. The van der Waals surface area contributed by atoms with Crippen molar-refractivity contribution in [2.75, 3.05) is 11.9 Å². The lowest BCUT2D eigenvalue weighted by atomic mass is 9.81. The normalized spacial score (nSPS) is 20.8. The molecule has 2 aromatic heterocycles. The zero-order valence-electron chi connectivity index (χ0n) is 14.2. The summed E-state index contributed by atoms with van der Waals surface area (Å²) >= 11 is 5.91. The number of halogens is 1. The lowest BCUT2D eigenvalue weighted by Crippen LogP contribution is -2.33. The maximum absolute atomic E-state index is 12.3. The lowest BCUT2D eigenvalue weighted by molar-refractivity contribution is -0.121. The molecule has 26 heavy (non-hydrogen) atoms. The molecule has 1 fully saturated rings. The summed E-state index contributed by atoms with van der Waals surface area (Å²) in [7, 11) is -3.45. The summed E-state index contributed by atoms with van der Waals surface area (Å²) in [6.07, 6.45) is 3.22. The van der Waals surface area contributed by atoms with E-state index in [1.165, 1.54) is 22.7 Å². The van der Waals surface area contributed by atoms with Gasteiger partial charge in [-0.25, -0.2) is 18.1 Å². The number of aryl methyl sites for hydroxylation is 1. The number of amides is 1. The molecule has 6 nitrogen and oxygen atoms in total. The molecule has 2 N–H and O–H groups in total. The van der Waals surface area contributed by atoms with Crippen molar-refractivity contribution in [1.82, 2.24) is 9.71 Å².